The molecule has 21 heavy (non-hydrogen) atoms. The minimum atomic E-state index is -4.26. The van der Waals surface area contributed by atoms with Gasteiger partial charge in [-0.2, -0.15) is 17.5 Å². The maximum Gasteiger partial charge on any atom is 0.391 e. The Hall–Kier alpha value is -1.28. The van der Waals surface area contributed by atoms with Gasteiger partial charge in [-0.15, -0.1) is 0 Å². The maximum atomic E-state index is 12.6. The summed E-state index contributed by atoms with van der Waals surface area (Å²) in [5.74, 6) is -1.42. The first-order valence-electron chi connectivity index (χ1n) is 6.55. The molecule has 118 valence electrons. The van der Waals surface area contributed by atoms with Crippen molar-refractivity contribution in [3.63, 3.8) is 0 Å². The third-order valence-electron chi connectivity index (χ3n) is 3.80. The molecule has 0 spiro atoms. The fraction of sp³-hybridized carbons (Fsp3) is 0.538. The number of sulfonamides is 1. The number of anilines is 1. The lowest BCUT2D eigenvalue weighted by molar-refractivity contribution is -0.182. The molecule has 1 aromatic carbocycles. The molecule has 1 aromatic rings. The molecule has 1 fully saturated rings. The standard InChI is InChI=1S/C13H17F3N2O2S/c1-9-8-11(2-3-12(9)17)21(19,20)18-6-4-10(5-7-18)13(14,15)16/h2-3,8,10H,4-7,17H2,1H3. The summed E-state index contributed by atoms with van der Waals surface area (Å²) in [5, 5.41) is 0. The number of benzene rings is 1. The van der Waals surface area contributed by atoms with Crippen molar-refractivity contribution in [2.24, 2.45) is 5.92 Å². The third kappa shape index (κ3) is 3.32. The van der Waals surface area contributed by atoms with E-state index < -0.39 is 22.1 Å². The monoisotopic (exact) mass is 322 g/mol. The molecule has 8 heteroatoms. The van der Waals surface area contributed by atoms with Crippen molar-refractivity contribution in [3.8, 4) is 0 Å². The zero-order chi connectivity index (χ0) is 15.8. The van der Waals surface area contributed by atoms with Gasteiger partial charge >= 0.3 is 6.18 Å². The second-order valence-electron chi connectivity index (χ2n) is 5.24. The Morgan fingerprint density at radius 1 is 1.24 bits per heavy atom. The van der Waals surface area contributed by atoms with Gasteiger partial charge in [-0.3, -0.25) is 0 Å². The van der Waals surface area contributed by atoms with E-state index in [1.165, 1.54) is 18.2 Å². The van der Waals surface area contributed by atoms with Crippen LogP contribution in [0.2, 0.25) is 0 Å². The van der Waals surface area contributed by atoms with Crippen molar-refractivity contribution in [1.29, 1.82) is 0 Å². The first-order chi connectivity index (χ1) is 9.62. The molecular formula is C13H17F3N2O2S. The van der Waals surface area contributed by atoms with Gasteiger partial charge in [0.05, 0.1) is 10.8 Å². The van der Waals surface area contributed by atoms with Gasteiger partial charge in [0.2, 0.25) is 10.0 Å². The van der Waals surface area contributed by atoms with E-state index in [1.54, 1.807) is 6.92 Å². The molecule has 4 nitrogen and oxygen atoms in total. The van der Waals surface area contributed by atoms with Gasteiger partial charge in [0, 0.05) is 18.8 Å². The Morgan fingerprint density at radius 3 is 2.29 bits per heavy atom. The Kier molecular flexibility index (Phi) is 4.21. The molecule has 0 saturated carbocycles. The number of rotatable bonds is 2. The number of hydrogen-bond acceptors (Lipinski definition) is 3. The van der Waals surface area contributed by atoms with Crippen molar-refractivity contribution in [2.75, 3.05) is 18.8 Å². The van der Waals surface area contributed by atoms with Crippen LogP contribution < -0.4 is 5.73 Å². The van der Waals surface area contributed by atoms with Crippen molar-refractivity contribution in [2.45, 2.75) is 30.8 Å². The van der Waals surface area contributed by atoms with Crippen LogP contribution in [0.1, 0.15) is 18.4 Å². The molecule has 0 radical (unpaired) electrons. The molecule has 0 bridgehead atoms. The highest BCUT2D eigenvalue weighted by molar-refractivity contribution is 7.89. The largest absolute Gasteiger partial charge is 0.399 e. The number of nitrogens with zero attached hydrogens (tertiary/aromatic N) is 1. The Morgan fingerprint density at radius 2 is 1.81 bits per heavy atom. The van der Waals surface area contributed by atoms with Crippen LogP contribution in [0.3, 0.4) is 0 Å². The topological polar surface area (TPSA) is 63.4 Å². The molecular weight excluding hydrogens is 305 g/mol. The van der Waals surface area contributed by atoms with Crippen LogP contribution in [0, 0.1) is 12.8 Å². The van der Waals surface area contributed by atoms with Crippen molar-refractivity contribution >= 4 is 15.7 Å². The smallest absolute Gasteiger partial charge is 0.391 e. The van der Waals surface area contributed by atoms with E-state index in [0.29, 0.717) is 11.3 Å². The lowest BCUT2D eigenvalue weighted by Gasteiger charge is -2.32. The third-order valence-corrected chi connectivity index (χ3v) is 5.69. The number of halogens is 3. The minimum absolute atomic E-state index is 0.0691. The highest BCUT2D eigenvalue weighted by Crippen LogP contribution is 2.35. The van der Waals surface area contributed by atoms with Gasteiger partial charge in [-0.1, -0.05) is 0 Å². The molecule has 0 aliphatic carbocycles. The van der Waals surface area contributed by atoms with Crippen molar-refractivity contribution in [3.05, 3.63) is 23.8 Å². The van der Waals surface area contributed by atoms with Crippen LogP contribution in [0.25, 0.3) is 0 Å². The summed E-state index contributed by atoms with van der Waals surface area (Å²) in [6.45, 7) is 1.45. The van der Waals surface area contributed by atoms with E-state index in [9.17, 15) is 21.6 Å². The SMILES string of the molecule is Cc1cc(S(=O)(=O)N2CCC(C(F)(F)F)CC2)ccc1N. The van der Waals surface area contributed by atoms with Gasteiger partial charge in [-0.25, -0.2) is 8.42 Å². The molecule has 2 N–H and O–H groups in total. The predicted molar refractivity (Wildman–Crippen MR) is 73.1 cm³/mol. The Bertz CT molecular complexity index is 621. The second-order valence-corrected chi connectivity index (χ2v) is 7.18. The van der Waals surface area contributed by atoms with E-state index in [-0.39, 0.29) is 30.8 Å². The summed E-state index contributed by atoms with van der Waals surface area (Å²) in [7, 11) is -3.76. The quantitative estimate of drug-likeness (QED) is 0.851. The first kappa shape index (κ1) is 16.1. The van der Waals surface area contributed by atoms with Crippen LogP contribution in [-0.2, 0) is 10.0 Å². The Labute approximate surface area is 121 Å². The zero-order valence-electron chi connectivity index (χ0n) is 11.5. The molecule has 1 heterocycles. The number of nitrogens with two attached hydrogens (primary N) is 1. The molecule has 1 saturated heterocycles. The molecule has 1 aliphatic heterocycles. The summed E-state index contributed by atoms with van der Waals surface area (Å²) < 4.78 is 63.7. The van der Waals surface area contributed by atoms with Crippen LogP contribution >= 0.6 is 0 Å². The highest BCUT2D eigenvalue weighted by Gasteiger charge is 2.43. The van der Waals surface area contributed by atoms with Crippen LogP contribution in [0.15, 0.2) is 23.1 Å². The fourth-order valence-electron chi connectivity index (χ4n) is 2.38. The molecule has 0 unspecified atom stereocenters. The number of hydrogen-bond donors (Lipinski definition) is 1. The normalized spacial score (nSPS) is 18.9. The highest BCUT2D eigenvalue weighted by atomic mass is 32.2. The van der Waals surface area contributed by atoms with Crippen LogP contribution in [-0.4, -0.2) is 32.0 Å². The number of piperidine rings is 1. The van der Waals surface area contributed by atoms with Crippen molar-refractivity contribution in [1.82, 2.24) is 4.31 Å². The molecule has 1 aliphatic rings. The van der Waals surface area contributed by atoms with E-state index in [4.69, 9.17) is 5.73 Å². The summed E-state index contributed by atoms with van der Waals surface area (Å²) in [6, 6.07) is 4.32. The van der Waals surface area contributed by atoms with Gasteiger partial charge in [0.25, 0.3) is 0 Å². The predicted octanol–water partition coefficient (Wildman–Crippen LogP) is 2.54. The molecule has 2 rings (SSSR count). The van der Waals surface area contributed by atoms with E-state index >= 15 is 0 Å². The lowest BCUT2D eigenvalue weighted by Crippen LogP contribution is -2.42. The van der Waals surface area contributed by atoms with E-state index in [2.05, 4.69) is 0 Å². The average Bonchev–Trinajstić information content (AvgIpc) is 2.41. The fourth-order valence-corrected chi connectivity index (χ4v) is 3.94. The van der Waals surface area contributed by atoms with Gasteiger partial charge in [0.1, 0.15) is 0 Å². The second kappa shape index (κ2) is 5.49. The lowest BCUT2D eigenvalue weighted by atomic mass is 9.98. The minimum Gasteiger partial charge on any atom is -0.399 e. The van der Waals surface area contributed by atoms with Gasteiger partial charge in [-0.05, 0) is 43.5 Å². The van der Waals surface area contributed by atoms with Gasteiger partial charge in [0.15, 0.2) is 0 Å². The molecule has 0 amide bonds. The summed E-state index contributed by atoms with van der Waals surface area (Å²) >= 11 is 0. The van der Waals surface area contributed by atoms with E-state index in [0.717, 1.165) is 4.31 Å². The molecule has 0 aromatic heterocycles. The molecule has 0 atom stereocenters. The summed E-state index contributed by atoms with van der Waals surface area (Å²) in [5.41, 5.74) is 6.75. The number of aryl methyl sites for hydroxylation is 1. The average molecular weight is 322 g/mol. The number of alkyl halides is 3. The van der Waals surface area contributed by atoms with Crippen LogP contribution in [0.4, 0.5) is 18.9 Å². The zero-order valence-corrected chi connectivity index (χ0v) is 12.3. The summed E-state index contributed by atoms with van der Waals surface area (Å²) in [6.07, 6.45) is -4.65. The van der Waals surface area contributed by atoms with Gasteiger partial charge < -0.3 is 5.73 Å². The number of nitrogen functional groups attached to an aromatic ring is 1. The van der Waals surface area contributed by atoms with E-state index in [1.807, 2.05) is 0 Å². The summed E-state index contributed by atoms with van der Waals surface area (Å²) in [4.78, 5) is 0.0691. The first-order valence-corrected chi connectivity index (χ1v) is 7.99. The van der Waals surface area contributed by atoms with Crippen molar-refractivity contribution < 1.29 is 21.6 Å². The van der Waals surface area contributed by atoms with Crippen LogP contribution in [0.5, 0.6) is 0 Å². The maximum absolute atomic E-state index is 12.6. The Balaban J connectivity index is 2.17.